The van der Waals surface area contributed by atoms with E-state index in [1.165, 1.54) is 25.7 Å². The number of carbonyl (C=O) groups excluding carboxylic acids is 1. The van der Waals surface area contributed by atoms with Crippen molar-refractivity contribution in [3.05, 3.63) is 0 Å². The van der Waals surface area contributed by atoms with E-state index in [1.54, 1.807) is 4.90 Å². The fraction of sp³-hybridized carbons (Fsp3) is 0.929. The molecule has 2 aliphatic rings. The summed E-state index contributed by atoms with van der Waals surface area (Å²) in [5.74, 6) is 0.588. The number of rotatable bonds is 1. The van der Waals surface area contributed by atoms with E-state index < -0.39 is 5.60 Å². The van der Waals surface area contributed by atoms with Gasteiger partial charge in [-0.05, 0) is 46.0 Å². The molecule has 2 N–H and O–H groups in total. The van der Waals surface area contributed by atoms with E-state index in [9.17, 15) is 4.79 Å². The number of carbonyl (C=O) groups is 1. The van der Waals surface area contributed by atoms with Crippen molar-refractivity contribution in [3.8, 4) is 0 Å². The van der Waals surface area contributed by atoms with Crippen LogP contribution in [-0.4, -0.2) is 35.2 Å². The van der Waals surface area contributed by atoms with E-state index in [0.717, 1.165) is 13.0 Å². The highest BCUT2D eigenvalue weighted by Gasteiger charge is 2.44. The highest BCUT2D eigenvalue weighted by Crippen LogP contribution is 2.38. The summed E-state index contributed by atoms with van der Waals surface area (Å²) in [6, 6.07) is 0. The highest BCUT2D eigenvalue weighted by molar-refractivity contribution is 5.68. The van der Waals surface area contributed by atoms with Gasteiger partial charge in [0.05, 0.1) is 0 Å². The van der Waals surface area contributed by atoms with Gasteiger partial charge in [0.15, 0.2) is 0 Å². The summed E-state index contributed by atoms with van der Waals surface area (Å²) in [5, 5.41) is 0. The van der Waals surface area contributed by atoms with Crippen molar-refractivity contribution in [2.45, 2.75) is 64.0 Å². The van der Waals surface area contributed by atoms with Gasteiger partial charge in [-0.3, -0.25) is 0 Å². The van der Waals surface area contributed by atoms with Gasteiger partial charge in [0.25, 0.3) is 0 Å². The average molecular weight is 254 g/mol. The highest BCUT2D eigenvalue weighted by atomic mass is 16.6. The number of ether oxygens (including phenoxy) is 1. The Hall–Kier alpha value is -0.770. The van der Waals surface area contributed by atoms with Crippen LogP contribution in [0.2, 0.25) is 0 Å². The van der Waals surface area contributed by atoms with Crippen molar-refractivity contribution in [2.24, 2.45) is 11.7 Å². The molecular formula is C14H26N2O2. The zero-order valence-corrected chi connectivity index (χ0v) is 11.9. The second-order valence-corrected chi connectivity index (χ2v) is 6.87. The lowest BCUT2D eigenvalue weighted by atomic mass is 9.83. The monoisotopic (exact) mass is 254 g/mol. The third-order valence-corrected chi connectivity index (χ3v) is 4.15. The van der Waals surface area contributed by atoms with Crippen molar-refractivity contribution in [3.63, 3.8) is 0 Å². The van der Waals surface area contributed by atoms with Crippen molar-refractivity contribution in [1.82, 2.24) is 4.90 Å². The summed E-state index contributed by atoms with van der Waals surface area (Å²) < 4.78 is 5.41. The number of nitrogens with two attached hydrogens (primary N) is 1. The van der Waals surface area contributed by atoms with Gasteiger partial charge in [0, 0.05) is 18.6 Å². The van der Waals surface area contributed by atoms with Crippen LogP contribution in [0.1, 0.15) is 52.9 Å². The Morgan fingerprint density at radius 2 is 1.94 bits per heavy atom. The third-order valence-electron chi connectivity index (χ3n) is 4.15. The van der Waals surface area contributed by atoms with E-state index >= 15 is 0 Å². The lowest BCUT2D eigenvalue weighted by molar-refractivity contribution is 0.0278. The minimum atomic E-state index is -0.426. The molecule has 0 bridgehead atoms. The second kappa shape index (κ2) is 4.72. The van der Waals surface area contributed by atoms with Gasteiger partial charge in [-0.2, -0.15) is 0 Å². The first-order chi connectivity index (χ1) is 8.30. The van der Waals surface area contributed by atoms with Gasteiger partial charge in [-0.25, -0.2) is 4.79 Å². The van der Waals surface area contributed by atoms with Crippen LogP contribution in [0.25, 0.3) is 0 Å². The fourth-order valence-corrected chi connectivity index (χ4v) is 3.17. The quantitative estimate of drug-likeness (QED) is 0.782. The number of likely N-dealkylation sites (tertiary alicyclic amines) is 1. The molecule has 1 atom stereocenters. The van der Waals surface area contributed by atoms with E-state index in [0.29, 0.717) is 12.5 Å². The molecule has 1 saturated heterocycles. The van der Waals surface area contributed by atoms with Gasteiger partial charge < -0.3 is 15.4 Å². The van der Waals surface area contributed by atoms with E-state index in [1.807, 2.05) is 20.8 Å². The van der Waals surface area contributed by atoms with Gasteiger partial charge in [0.2, 0.25) is 0 Å². The molecular weight excluding hydrogens is 228 g/mol. The summed E-state index contributed by atoms with van der Waals surface area (Å²) in [7, 11) is 0. The summed E-state index contributed by atoms with van der Waals surface area (Å²) in [6.07, 6.45) is 5.72. The summed E-state index contributed by atoms with van der Waals surface area (Å²) in [6.45, 7) is 7.09. The molecule has 4 nitrogen and oxygen atoms in total. The Balaban J connectivity index is 1.93. The van der Waals surface area contributed by atoms with Crippen LogP contribution >= 0.6 is 0 Å². The molecule has 1 saturated carbocycles. The Bertz CT molecular complexity index is 318. The van der Waals surface area contributed by atoms with Crippen LogP contribution in [0, 0.1) is 5.92 Å². The standard InChI is InChI=1S/C14H26N2O2/c1-13(2,3)18-12(17)16-9-8-14(15,10-16)11-6-4-5-7-11/h11H,4-10,15H2,1-3H3. The smallest absolute Gasteiger partial charge is 0.410 e. The zero-order chi connectivity index (χ0) is 13.4. The molecule has 0 aromatic rings. The topological polar surface area (TPSA) is 55.6 Å². The molecule has 2 rings (SSSR count). The first-order valence-corrected chi connectivity index (χ1v) is 7.07. The summed E-state index contributed by atoms with van der Waals surface area (Å²) in [5.41, 5.74) is 5.91. The summed E-state index contributed by atoms with van der Waals surface area (Å²) >= 11 is 0. The van der Waals surface area contributed by atoms with Gasteiger partial charge in [-0.1, -0.05) is 12.8 Å². The molecule has 104 valence electrons. The Kier molecular flexibility index (Phi) is 3.58. The number of nitrogens with zero attached hydrogens (tertiary/aromatic N) is 1. The number of amides is 1. The van der Waals surface area contributed by atoms with Crippen LogP contribution in [-0.2, 0) is 4.74 Å². The van der Waals surface area contributed by atoms with E-state index in [-0.39, 0.29) is 11.6 Å². The number of hydrogen-bond acceptors (Lipinski definition) is 3. The van der Waals surface area contributed by atoms with Crippen LogP contribution in [0.3, 0.4) is 0 Å². The van der Waals surface area contributed by atoms with Gasteiger partial charge in [-0.15, -0.1) is 0 Å². The Morgan fingerprint density at radius 1 is 1.33 bits per heavy atom. The van der Waals surface area contributed by atoms with Crippen LogP contribution in [0.4, 0.5) is 4.79 Å². The normalized spacial score (nSPS) is 29.9. The second-order valence-electron chi connectivity index (χ2n) is 6.87. The third kappa shape index (κ3) is 2.97. The fourth-order valence-electron chi connectivity index (χ4n) is 3.17. The molecule has 2 fully saturated rings. The maximum atomic E-state index is 12.0. The minimum Gasteiger partial charge on any atom is -0.444 e. The lowest BCUT2D eigenvalue weighted by Gasteiger charge is -2.31. The lowest BCUT2D eigenvalue weighted by Crippen LogP contribution is -2.49. The van der Waals surface area contributed by atoms with Crippen molar-refractivity contribution >= 4 is 6.09 Å². The van der Waals surface area contributed by atoms with E-state index in [2.05, 4.69) is 0 Å². The van der Waals surface area contributed by atoms with Crippen molar-refractivity contribution in [2.75, 3.05) is 13.1 Å². The minimum absolute atomic E-state index is 0.173. The molecule has 0 radical (unpaired) electrons. The molecule has 1 aliphatic heterocycles. The Labute approximate surface area is 110 Å². The first kappa shape index (κ1) is 13.7. The first-order valence-electron chi connectivity index (χ1n) is 7.07. The van der Waals surface area contributed by atoms with Gasteiger partial charge >= 0.3 is 6.09 Å². The maximum Gasteiger partial charge on any atom is 0.410 e. The van der Waals surface area contributed by atoms with E-state index in [4.69, 9.17) is 10.5 Å². The molecule has 0 aromatic carbocycles. The predicted octanol–water partition coefficient (Wildman–Crippen LogP) is 2.51. The maximum absolute atomic E-state index is 12.0. The molecule has 4 heteroatoms. The molecule has 1 amide bonds. The SMILES string of the molecule is CC(C)(C)OC(=O)N1CCC(N)(C2CCCC2)C1. The molecule has 0 spiro atoms. The number of hydrogen-bond donors (Lipinski definition) is 1. The average Bonchev–Trinajstić information content (AvgIpc) is 2.83. The molecule has 0 aromatic heterocycles. The van der Waals surface area contributed by atoms with Crippen molar-refractivity contribution < 1.29 is 9.53 Å². The van der Waals surface area contributed by atoms with Crippen molar-refractivity contribution in [1.29, 1.82) is 0 Å². The van der Waals surface area contributed by atoms with Crippen LogP contribution in [0.5, 0.6) is 0 Å². The molecule has 1 aliphatic carbocycles. The molecule has 1 unspecified atom stereocenters. The molecule has 1 heterocycles. The van der Waals surface area contributed by atoms with Crippen LogP contribution < -0.4 is 5.73 Å². The summed E-state index contributed by atoms with van der Waals surface area (Å²) in [4.78, 5) is 13.8. The predicted molar refractivity (Wildman–Crippen MR) is 71.3 cm³/mol. The zero-order valence-electron chi connectivity index (χ0n) is 11.9. The Morgan fingerprint density at radius 3 is 2.50 bits per heavy atom. The van der Waals surface area contributed by atoms with Gasteiger partial charge in [0.1, 0.15) is 5.60 Å². The largest absolute Gasteiger partial charge is 0.444 e. The van der Waals surface area contributed by atoms with Crippen LogP contribution in [0.15, 0.2) is 0 Å². The molecule has 18 heavy (non-hydrogen) atoms.